The fourth-order valence-corrected chi connectivity index (χ4v) is 2.93. The number of nitrogens with two attached hydrogens (primary N) is 1. The van der Waals surface area contributed by atoms with Crippen LogP contribution in [-0.4, -0.2) is 43.8 Å². The zero-order chi connectivity index (χ0) is 12.0. The molecular formula is C13H28N2O. The van der Waals surface area contributed by atoms with Crippen molar-refractivity contribution in [1.82, 2.24) is 4.90 Å². The van der Waals surface area contributed by atoms with Gasteiger partial charge in [0.25, 0.3) is 0 Å². The molecule has 0 bridgehead atoms. The Hall–Kier alpha value is -0.120. The minimum atomic E-state index is 0.311. The lowest BCUT2D eigenvalue weighted by atomic mass is 9.77. The van der Waals surface area contributed by atoms with Gasteiger partial charge in [-0.25, -0.2) is 0 Å². The van der Waals surface area contributed by atoms with E-state index in [0.29, 0.717) is 5.54 Å². The minimum Gasteiger partial charge on any atom is -0.385 e. The summed E-state index contributed by atoms with van der Waals surface area (Å²) in [4.78, 5) is 2.62. The highest BCUT2D eigenvalue weighted by Crippen LogP contribution is 2.35. The summed E-state index contributed by atoms with van der Waals surface area (Å²) >= 11 is 0. The molecule has 3 nitrogen and oxygen atoms in total. The van der Waals surface area contributed by atoms with E-state index < -0.39 is 0 Å². The lowest BCUT2D eigenvalue weighted by molar-refractivity contribution is 0.0135. The zero-order valence-corrected chi connectivity index (χ0v) is 11.2. The highest BCUT2D eigenvalue weighted by Gasteiger charge is 2.37. The number of ether oxygens (including phenoxy) is 1. The molecule has 0 saturated carbocycles. The van der Waals surface area contributed by atoms with Crippen LogP contribution in [0.15, 0.2) is 0 Å². The first kappa shape index (κ1) is 13.9. The summed E-state index contributed by atoms with van der Waals surface area (Å²) in [6, 6.07) is 0. The number of rotatable bonds is 6. The second-order valence-corrected chi connectivity index (χ2v) is 5.40. The van der Waals surface area contributed by atoms with Crippen LogP contribution in [-0.2, 0) is 4.74 Å². The Morgan fingerprint density at radius 1 is 1.44 bits per heavy atom. The molecule has 96 valence electrons. The van der Waals surface area contributed by atoms with Gasteiger partial charge in [-0.1, -0.05) is 0 Å². The summed E-state index contributed by atoms with van der Waals surface area (Å²) in [6.45, 7) is 8.83. The van der Waals surface area contributed by atoms with E-state index in [-0.39, 0.29) is 0 Å². The van der Waals surface area contributed by atoms with E-state index in [0.717, 1.165) is 38.5 Å². The quantitative estimate of drug-likeness (QED) is 0.705. The summed E-state index contributed by atoms with van der Waals surface area (Å²) in [5.74, 6) is 0.758. The number of hydrogen-bond donors (Lipinski definition) is 1. The molecule has 1 atom stereocenters. The van der Waals surface area contributed by atoms with Gasteiger partial charge in [-0.3, -0.25) is 4.90 Å². The fraction of sp³-hybridized carbons (Fsp3) is 1.00. The molecule has 0 radical (unpaired) electrons. The van der Waals surface area contributed by atoms with Crippen LogP contribution < -0.4 is 5.73 Å². The van der Waals surface area contributed by atoms with Gasteiger partial charge in [0.1, 0.15) is 0 Å². The summed E-state index contributed by atoms with van der Waals surface area (Å²) < 4.78 is 5.13. The van der Waals surface area contributed by atoms with Crippen molar-refractivity contribution in [2.75, 3.05) is 33.4 Å². The molecule has 1 saturated heterocycles. The maximum atomic E-state index is 5.71. The summed E-state index contributed by atoms with van der Waals surface area (Å²) in [5, 5.41) is 0. The molecule has 0 aliphatic carbocycles. The van der Waals surface area contributed by atoms with Crippen LogP contribution in [0.3, 0.4) is 0 Å². The largest absolute Gasteiger partial charge is 0.385 e. The Labute approximate surface area is 100 Å². The van der Waals surface area contributed by atoms with Crippen molar-refractivity contribution in [2.45, 2.75) is 45.1 Å². The molecule has 0 aromatic carbocycles. The van der Waals surface area contributed by atoms with Crippen molar-refractivity contribution in [3.05, 3.63) is 0 Å². The third-order valence-electron chi connectivity index (χ3n) is 4.09. The third-order valence-corrected chi connectivity index (χ3v) is 4.09. The maximum absolute atomic E-state index is 5.71. The van der Waals surface area contributed by atoms with Crippen LogP contribution in [0.4, 0.5) is 0 Å². The molecule has 16 heavy (non-hydrogen) atoms. The monoisotopic (exact) mass is 228 g/mol. The van der Waals surface area contributed by atoms with Crippen LogP contribution in [0.25, 0.3) is 0 Å². The number of methoxy groups -OCH3 is 1. The van der Waals surface area contributed by atoms with E-state index in [9.17, 15) is 0 Å². The van der Waals surface area contributed by atoms with E-state index in [4.69, 9.17) is 10.5 Å². The van der Waals surface area contributed by atoms with Gasteiger partial charge in [-0.05, 0) is 58.5 Å². The SMILES string of the molecule is COCCCN1CCCC(CCN)C1(C)C. The van der Waals surface area contributed by atoms with E-state index >= 15 is 0 Å². The van der Waals surface area contributed by atoms with Gasteiger partial charge in [0.2, 0.25) is 0 Å². The number of hydrogen-bond acceptors (Lipinski definition) is 3. The average molecular weight is 228 g/mol. The highest BCUT2D eigenvalue weighted by molar-refractivity contribution is 4.92. The van der Waals surface area contributed by atoms with Crippen molar-refractivity contribution in [1.29, 1.82) is 0 Å². The highest BCUT2D eigenvalue weighted by atomic mass is 16.5. The van der Waals surface area contributed by atoms with Gasteiger partial charge < -0.3 is 10.5 Å². The number of piperidine rings is 1. The molecule has 0 amide bonds. The summed E-state index contributed by atoms with van der Waals surface area (Å²) in [7, 11) is 1.78. The normalized spacial score (nSPS) is 25.9. The van der Waals surface area contributed by atoms with Gasteiger partial charge in [-0.15, -0.1) is 0 Å². The zero-order valence-electron chi connectivity index (χ0n) is 11.2. The second kappa shape index (κ2) is 6.58. The van der Waals surface area contributed by atoms with Gasteiger partial charge in [0.05, 0.1) is 0 Å². The average Bonchev–Trinajstić information content (AvgIpc) is 2.24. The first-order valence-electron chi connectivity index (χ1n) is 6.57. The lowest BCUT2D eigenvalue weighted by Crippen LogP contribution is -2.53. The van der Waals surface area contributed by atoms with E-state index in [1.807, 2.05) is 0 Å². The topological polar surface area (TPSA) is 38.5 Å². The number of nitrogens with zero attached hydrogens (tertiary/aromatic N) is 1. The van der Waals surface area contributed by atoms with Gasteiger partial charge in [0.15, 0.2) is 0 Å². The number of likely N-dealkylation sites (tertiary alicyclic amines) is 1. The molecule has 2 N–H and O–H groups in total. The Balaban J connectivity index is 2.48. The van der Waals surface area contributed by atoms with Crippen molar-refractivity contribution in [2.24, 2.45) is 11.7 Å². The van der Waals surface area contributed by atoms with Gasteiger partial charge in [-0.2, -0.15) is 0 Å². The molecule has 1 aliphatic heterocycles. The van der Waals surface area contributed by atoms with E-state index in [1.54, 1.807) is 7.11 Å². The predicted molar refractivity (Wildman–Crippen MR) is 68.5 cm³/mol. The van der Waals surface area contributed by atoms with Gasteiger partial charge in [0, 0.05) is 25.8 Å². The van der Waals surface area contributed by atoms with Crippen LogP contribution in [0.2, 0.25) is 0 Å². The van der Waals surface area contributed by atoms with E-state index in [1.165, 1.54) is 19.4 Å². The van der Waals surface area contributed by atoms with Crippen LogP contribution in [0.1, 0.15) is 39.5 Å². The molecule has 3 heteroatoms. The van der Waals surface area contributed by atoms with E-state index in [2.05, 4.69) is 18.7 Å². The Kier molecular flexibility index (Phi) is 5.73. The third kappa shape index (κ3) is 3.44. The summed E-state index contributed by atoms with van der Waals surface area (Å²) in [5.41, 5.74) is 6.02. The Bertz CT molecular complexity index is 192. The smallest absolute Gasteiger partial charge is 0.0474 e. The Morgan fingerprint density at radius 3 is 2.81 bits per heavy atom. The van der Waals surface area contributed by atoms with Crippen LogP contribution >= 0.6 is 0 Å². The standard InChI is InChI=1S/C13H28N2O/c1-13(2)12(7-8-14)6-4-9-15(13)10-5-11-16-3/h12H,4-11,14H2,1-3H3. The molecule has 1 aliphatic rings. The molecular weight excluding hydrogens is 200 g/mol. The minimum absolute atomic E-state index is 0.311. The Morgan fingerprint density at radius 2 is 2.19 bits per heavy atom. The molecule has 0 spiro atoms. The molecule has 1 fully saturated rings. The first-order valence-corrected chi connectivity index (χ1v) is 6.57. The first-order chi connectivity index (χ1) is 7.62. The molecule has 0 aromatic rings. The van der Waals surface area contributed by atoms with Crippen molar-refractivity contribution in [3.8, 4) is 0 Å². The van der Waals surface area contributed by atoms with Crippen molar-refractivity contribution in [3.63, 3.8) is 0 Å². The van der Waals surface area contributed by atoms with Crippen molar-refractivity contribution >= 4 is 0 Å². The fourth-order valence-electron chi connectivity index (χ4n) is 2.93. The maximum Gasteiger partial charge on any atom is 0.0474 e. The van der Waals surface area contributed by atoms with Gasteiger partial charge >= 0.3 is 0 Å². The molecule has 1 unspecified atom stereocenters. The van der Waals surface area contributed by atoms with Crippen LogP contribution in [0.5, 0.6) is 0 Å². The predicted octanol–water partition coefficient (Wildman–Crippen LogP) is 1.86. The summed E-state index contributed by atoms with van der Waals surface area (Å²) in [6.07, 6.45) is 4.95. The lowest BCUT2D eigenvalue weighted by Gasteiger charge is -2.48. The molecule has 1 rings (SSSR count). The molecule has 0 aromatic heterocycles. The molecule has 1 heterocycles. The van der Waals surface area contributed by atoms with Crippen molar-refractivity contribution < 1.29 is 4.74 Å². The second-order valence-electron chi connectivity index (χ2n) is 5.40. The van der Waals surface area contributed by atoms with Crippen LogP contribution in [0, 0.1) is 5.92 Å².